The first-order chi connectivity index (χ1) is 14.8. The van der Waals surface area contributed by atoms with Gasteiger partial charge >= 0.3 is 0 Å². The summed E-state index contributed by atoms with van der Waals surface area (Å²) in [7, 11) is 0. The van der Waals surface area contributed by atoms with Gasteiger partial charge in [-0.3, -0.25) is 0 Å². The van der Waals surface area contributed by atoms with Crippen LogP contribution in [-0.2, 0) is 6.61 Å². The Bertz CT molecular complexity index is 1060. The van der Waals surface area contributed by atoms with Crippen LogP contribution in [0.5, 0.6) is 5.75 Å². The normalized spacial score (nSPS) is 11.5. The van der Waals surface area contributed by atoms with E-state index in [0.29, 0.717) is 18.4 Å². The lowest BCUT2D eigenvalue weighted by Crippen LogP contribution is -2.09. The molecule has 6 nitrogen and oxygen atoms in total. The van der Waals surface area contributed by atoms with Crippen LogP contribution in [0.25, 0.3) is 0 Å². The van der Waals surface area contributed by atoms with Gasteiger partial charge in [-0.2, -0.15) is 10.1 Å². The van der Waals surface area contributed by atoms with Crippen LogP contribution in [0.15, 0.2) is 91.1 Å². The first-order valence-electron chi connectivity index (χ1n) is 9.81. The minimum atomic E-state index is 0.108. The molecule has 0 spiro atoms. The lowest BCUT2D eigenvalue weighted by atomic mass is 10.1. The molecule has 4 rings (SSSR count). The van der Waals surface area contributed by atoms with Crippen LogP contribution in [0.4, 0.5) is 17.5 Å². The van der Waals surface area contributed by atoms with Crippen LogP contribution >= 0.6 is 0 Å². The van der Waals surface area contributed by atoms with E-state index < -0.39 is 0 Å². The lowest BCUT2D eigenvalue weighted by Gasteiger charge is -2.15. The van der Waals surface area contributed by atoms with Crippen LogP contribution in [0.1, 0.15) is 24.1 Å². The number of rotatable bonds is 8. The van der Waals surface area contributed by atoms with Gasteiger partial charge < -0.3 is 15.4 Å². The maximum Gasteiger partial charge on any atom is 0.249 e. The largest absolute Gasteiger partial charge is 0.489 e. The molecule has 0 aliphatic carbocycles. The number of anilines is 3. The monoisotopic (exact) mass is 397 g/mol. The number of ether oxygens (including phenoxy) is 1. The number of aromatic nitrogens is 3. The molecule has 0 radical (unpaired) electrons. The summed E-state index contributed by atoms with van der Waals surface area (Å²) in [5.74, 6) is 1.89. The first kappa shape index (κ1) is 19.4. The summed E-state index contributed by atoms with van der Waals surface area (Å²) in [5.41, 5.74) is 3.17. The van der Waals surface area contributed by atoms with Crippen molar-refractivity contribution in [2.45, 2.75) is 19.6 Å². The van der Waals surface area contributed by atoms with Gasteiger partial charge in [0.05, 0.1) is 6.20 Å². The van der Waals surface area contributed by atoms with Crippen LogP contribution in [0.2, 0.25) is 0 Å². The Morgan fingerprint density at radius 3 is 2.30 bits per heavy atom. The average Bonchev–Trinajstić information content (AvgIpc) is 2.80. The quantitative estimate of drug-likeness (QED) is 0.417. The molecular weight excluding hydrogens is 374 g/mol. The summed E-state index contributed by atoms with van der Waals surface area (Å²) < 4.78 is 5.82. The molecule has 150 valence electrons. The third-order valence-corrected chi connectivity index (χ3v) is 4.58. The Labute approximate surface area is 176 Å². The van der Waals surface area contributed by atoms with E-state index in [4.69, 9.17) is 4.74 Å². The third kappa shape index (κ3) is 5.32. The Morgan fingerprint density at radius 1 is 0.867 bits per heavy atom. The Hall–Kier alpha value is -3.93. The highest BCUT2D eigenvalue weighted by atomic mass is 16.5. The first-order valence-corrected chi connectivity index (χ1v) is 9.81. The third-order valence-electron chi connectivity index (χ3n) is 4.58. The van der Waals surface area contributed by atoms with Gasteiger partial charge in [-0.05, 0) is 42.3 Å². The molecule has 1 heterocycles. The van der Waals surface area contributed by atoms with E-state index in [9.17, 15) is 0 Å². The molecule has 3 aromatic carbocycles. The van der Waals surface area contributed by atoms with E-state index in [0.717, 1.165) is 17.0 Å². The van der Waals surface area contributed by atoms with Crippen molar-refractivity contribution in [1.29, 1.82) is 0 Å². The highest BCUT2D eigenvalue weighted by Gasteiger charge is 2.07. The van der Waals surface area contributed by atoms with Gasteiger partial charge in [-0.1, -0.05) is 60.7 Å². The molecule has 0 fully saturated rings. The zero-order valence-electron chi connectivity index (χ0n) is 16.7. The number of hydrogen-bond acceptors (Lipinski definition) is 6. The fraction of sp³-hybridized carbons (Fsp3) is 0.125. The molecule has 0 saturated heterocycles. The van der Waals surface area contributed by atoms with Crippen molar-refractivity contribution in [2.24, 2.45) is 0 Å². The molecule has 1 aromatic heterocycles. The van der Waals surface area contributed by atoms with Gasteiger partial charge in [0.2, 0.25) is 5.95 Å². The second-order valence-electron chi connectivity index (χ2n) is 6.87. The second-order valence-corrected chi connectivity index (χ2v) is 6.87. The van der Waals surface area contributed by atoms with Crippen molar-refractivity contribution in [1.82, 2.24) is 15.2 Å². The highest BCUT2D eigenvalue weighted by Crippen LogP contribution is 2.21. The highest BCUT2D eigenvalue weighted by molar-refractivity contribution is 5.55. The van der Waals surface area contributed by atoms with Crippen LogP contribution in [0, 0.1) is 0 Å². The predicted molar refractivity (Wildman–Crippen MR) is 119 cm³/mol. The van der Waals surface area contributed by atoms with Crippen molar-refractivity contribution in [3.63, 3.8) is 0 Å². The van der Waals surface area contributed by atoms with Crippen molar-refractivity contribution in [2.75, 3.05) is 10.6 Å². The van der Waals surface area contributed by atoms with Gasteiger partial charge in [0.25, 0.3) is 0 Å². The molecule has 2 N–H and O–H groups in total. The van der Waals surface area contributed by atoms with Crippen LogP contribution in [0.3, 0.4) is 0 Å². The molecule has 1 unspecified atom stereocenters. The maximum absolute atomic E-state index is 5.82. The molecule has 0 bridgehead atoms. The Balaban J connectivity index is 1.35. The fourth-order valence-corrected chi connectivity index (χ4v) is 2.98. The van der Waals surface area contributed by atoms with Gasteiger partial charge in [-0.25, -0.2) is 0 Å². The Morgan fingerprint density at radius 2 is 1.57 bits per heavy atom. The number of nitrogens with one attached hydrogen (secondary N) is 2. The van der Waals surface area contributed by atoms with Gasteiger partial charge in [-0.15, -0.1) is 5.10 Å². The molecule has 4 aromatic rings. The number of hydrogen-bond donors (Lipinski definition) is 2. The molecule has 6 heteroatoms. The van der Waals surface area contributed by atoms with Gasteiger partial charge in [0, 0.05) is 11.7 Å². The Kier molecular flexibility index (Phi) is 6.15. The maximum atomic E-state index is 5.82. The second kappa shape index (κ2) is 9.52. The van der Waals surface area contributed by atoms with Crippen molar-refractivity contribution in [3.05, 3.63) is 102 Å². The summed E-state index contributed by atoms with van der Waals surface area (Å²) in [6, 6.07) is 28.1. The number of benzene rings is 3. The van der Waals surface area contributed by atoms with Crippen molar-refractivity contribution >= 4 is 17.5 Å². The van der Waals surface area contributed by atoms with Crippen molar-refractivity contribution < 1.29 is 4.74 Å². The van der Waals surface area contributed by atoms with E-state index in [1.165, 1.54) is 5.56 Å². The van der Waals surface area contributed by atoms with Crippen LogP contribution in [-0.4, -0.2) is 15.2 Å². The summed E-state index contributed by atoms with van der Waals surface area (Å²) in [6.45, 7) is 2.62. The van der Waals surface area contributed by atoms with Gasteiger partial charge in [0.15, 0.2) is 5.82 Å². The SMILES string of the molecule is CC(Nc1cnnc(Nc2ccc(OCc3ccccc3)cc2)n1)c1ccccc1. The molecular formula is C24H23N5O. The summed E-state index contributed by atoms with van der Waals surface area (Å²) in [5, 5.41) is 14.6. The molecule has 0 amide bonds. The summed E-state index contributed by atoms with van der Waals surface area (Å²) >= 11 is 0. The van der Waals surface area contributed by atoms with Crippen LogP contribution < -0.4 is 15.4 Å². The van der Waals surface area contributed by atoms with E-state index >= 15 is 0 Å². The molecule has 30 heavy (non-hydrogen) atoms. The minimum Gasteiger partial charge on any atom is -0.489 e. The van der Waals surface area contributed by atoms with E-state index in [-0.39, 0.29) is 6.04 Å². The molecule has 0 aliphatic rings. The average molecular weight is 397 g/mol. The minimum absolute atomic E-state index is 0.108. The molecule has 1 atom stereocenters. The zero-order chi connectivity index (χ0) is 20.6. The smallest absolute Gasteiger partial charge is 0.249 e. The lowest BCUT2D eigenvalue weighted by molar-refractivity contribution is 0.306. The van der Waals surface area contributed by atoms with E-state index in [1.807, 2.05) is 72.8 Å². The summed E-state index contributed by atoms with van der Waals surface area (Å²) in [6.07, 6.45) is 1.62. The van der Waals surface area contributed by atoms with E-state index in [1.54, 1.807) is 6.20 Å². The van der Waals surface area contributed by atoms with Gasteiger partial charge in [0.1, 0.15) is 12.4 Å². The molecule has 0 aliphatic heterocycles. The van der Waals surface area contributed by atoms with E-state index in [2.05, 4.69) is 44.9 Å². The fourth-order valence-electron chi connectivity index (χ4n) is 2.98. The standard InChI is InChI=1S/C24H23N5O/c1-18(20-10-6-3-7-11-20)26-23-16-25-29-24(28-23)27-21-12-14-22(15-13-21)30-17-19-8-4-2-5-9-19/h2-16,18H,17H2,1H3,(H2,26,27,28,29). The molecule has 0 saturated carbocycles. The summed E-state index contributed by atoms with van der Waals surface area (Å²) in [4.78, 5) is 4.50. The predicted octanol–water partition coefficient (Wildman–Crippen LogP) is 5.37. The van der Waals surface area contributed by atoms with Crippen molar-refractivity contribution in [3.8, 4) is 5.75 Å². The topological polar surface area (TPSA) is 72.0 Å². The zero-order valence-corrected chi connectivity index (χ0v) is 16.7. The number of nitrogens with zero attached hydrogens (tertiary/aromatic N) is 3.